The molecule has 0 saturated heterocycles. The van der Waals surface area contributed by atoms with Crippen LogP contribution in [0, 0.1) is 0 Å². The van der Waals surface area contributed by atoms with E-state index in [9.17, 15) is 9.90 Å². The van der Waals surface area contributed by atoms with Crippen LogP contribution in [0.4, 0.5) is 0 Å². The minimum absolute atomic E-state index is 0.138. The van der Waals surface area contributed by atoms with Gasteiger partial charge in [-0.1, -0.05) is 20.8 Å². The topological polar surface area (TPSA) is 58.4 Å². The summed E-state index contributed by atoms with van der Waals surface area (Å²) in [6.45, 7) is 9.22. The lowest BCUT2D eigenvalue weighted by Gasteiger charge is -2.34. The average Bonchev–Trinajstić information content (AvgIpc) is 2.83. The molecular formula is C16H27N3O2. The summed E-state index contributed by atoms with van der Waals surface area (Å²) >= 11 is 0. The van der Waals surface area contributed by atoms with Crippen molar-refractivity contribution in [2.75, 3.05) is 6.54 Å². The molecule has 0 radical (unpaired) electrons. The van der Waals surface area contributed by atoms with Crippen LogP contribution in [0.25, 0.3) is 0 Å². The highest BCUT2D eigenvalue weighted by Crippen LogP contribution is 2.35. The quantitative estimate of drug-likeness (QED) is 0.908. The van der Waals surface area contributed by atoms with Crippen LogP contribution in [0.5, 0.6) is 0 Å². The first-order valence-corrected chi connectivity index (χ1v) is 8.12. The zero-order valence-electron chi connectivity index (χ0n) is 13.6. The predicted octanol–water partition coefficient (Wildman–Crippen LogP) is 2.07. The summed E-state index contributed by atoms with van der Waals surface area (Å²) in [5, 5.41) is 14.2. The molecule has 1 aliphatic carbocycles. The molecule has 1 amide bonds. The first kappa shape index (κ1) is 16.0. The number of hydrogen-bond donors (Lipinski definition) is 1. The second-order valence-electron chi connectivity index (χ2n) is 5.64. The molecule has 0 bridgehead atoms. The molecule has 21 heavy (non-hydrogen) atoms. The lowest BCUT2D eigenvalue weighted by molar-refractivity contribution is -0.129. The van der Waals surface area contributed by atoms with Crippen LogP contribution in [0.3, 0.4) is 0 Å². The molecule has 1 fully saturated rings. The van der Waals surface area contributed by atoms with Crippen LogP contribution >= 0.6 is 0 Å². The molecule has 1 aliphatic heterocycles. The van der Waals surface area contributed by atoms with E-state index in [2.05, 4.69) is 11.6 Å². The molecule has 0 aromatic carbocycles. The van der Waals surface area contributed by atoms with Gasteiger partial charge < -0.3 is 10.0 Å². The maximum Gasteiger partial charge on any atom is 0.219 e. The number of aryl methyl sites for hydroxylation is 1. The number of fused-ring (bicyclic) bond motifs is 1. The van der Waals surface area contributed by atoms with Gasteiger partial charge in [-0.2, -0.15) is 5.10 Å². The molecule has 1 saturated carbocycles. The number of aromatic nitrogens is 2. The molecule has 1 aromatic heterocycles. The fourth-order valence-corrected chi connectivity index (χ4v) is 3.13. The summed E-state index contributed by atoms with van der Waals surface area (Å²) in [5.41, 5.74) is 3.64. The van der Waals surface area contributed by atoms with Crippen molar-refractivity contribution in [3.05, 3.63) is 17.0 Å². The molecule has 2 heterocycles. The highest BCUT2D eigenvalue weighted by molar-refractivity contribution is 5.73. The van der Waals surface area contributed by atoms with E-state index in [0.717, 1.165) is 37.9 Å². The Morgan fingerprint density at radius 3 is 2.57 bits per heavy atom. The van der Waals surface area contributed by atoms with Crippen LogP contribution in [-0.2, 0) is 24.2 Å². The lowest BCUT2D eigenvalue weighted by Crippen LogP contribution is -2.37. The third kappa shape index (κ3) is 2.98. The van der Waals surface area contributed by atoms with E-state index in [1.807, 2.05) is 18.7 Å². The van der Waals surface area contributed by atoms with Gasteiger partial charge in [-0.05, 0) is 19.3 Å². The molecule has 5 heteroatoms. The van der Waals surface area contributed by atoms with E-state index in [-0.39, 0.29) is 12.0 Å². The Hall–Kier alpha value is -1.36. The molecule has 0 spiro atoms. The molecule has 0 unspecified atom stereocenters. The van der Waals surface area contributed by atoms with E-state index in [4.69, 9.17) is 5.10 Å². The number of nitrogens with zero attached hydrogens (tertiary/aromatic N) is 3. The maximum absolute atomic E-state index is 11.5. The fourth-order valence-electron chi connectivity index (χ4n) is 3.13. The van der Waals surface area contributed by atoms with Crippen LogP contribution in [0.15, 0.2) is 0 Å². The fraction of sp³-hybridized carbons (Fsp3) is 0.750. The molecule has 1 aromatic rings. The van der Waals surface area contributed by atoms with Gasteiger partial charge in [0.1, 0.15) is 0 Å². The van der Waals surface area contributed by atoms with Crippen LogP contribution in [0.2, 0.25) is 0 Å². The average molecular weight is 293 g/mol. The predicted molar refractivity (Wildman–Crippen MR) is 82.0 cm³/mol. The Balaban J connectivity index is 0.000000774. The van der Waals surface area contributed by atoms with Crippen LogP contribution in [0.1, 0.15) is 63.5 Å². The van der Waals surface area contributed by atoms with Gasteiger partial charge in [0.25, 0.3) is 0 Å². The Morgan fingerprint density at radius 1 is 1.38 bits per heavy atom. The largest absolute Gasteiger partial charge is 0.393 e. The van der Waals surface area contributed by atoms with E-state index in [0.29, 0.717) is 12.6 Å². The summed E-state index contributed by atoms with van der Waals surface area (Å²) in [4.78, 5) is 13.4. The van der Waals surface area contributed by atoms with E-state index in [1.165, 1.54) is 11.3 Å². The molecule has 1 N–H and O–H groups in total. The van der Waals surface area contributed by atoms with Crippen molar-refractivity contribution in [3.63, 3.8) is 0 Å². The van der Waals surface area contributed by atoms with Gasteiger partial charge in [-0.3, -0.25) is 9.48 Å². The van der Waals surface area contributed by atoms with Crippen molar-refractivity contribution in [1.82, 2.24) is 14.7 Å². The van der Waals surface area contributed by atoms with Crippen LogP contribution < -0.4 is 0 Å². The zero-order chi connectivity index (χ0) is 15.6. The zero-order valence-corrected chi connectivity index (χ0v) is 13.6. The molecule has 0 atom stereocenters. The summed E-state index contributed by atoms with van der Waals surface area (Å²) < 4.78 is 2.12. The monoisotopic (exact) mass is 293 g/mol. The third-order valence-corrected chi connectivity index (χ3v) is 4.38. The van der Waals surface area contributed by atoms with Crippen molar-refractivity contribution in [3.8, 4) is 0 Å². The normalized spacial score (nSPS) is 23.8. The number of aliphatic hydroxyl groups is 1. The summed E-state index contributed by atoms with van der Waals surface area (Å²) in [5.74, 6) is 0.138. The minimum atomic E-state index is -0.160. The Kier molecular flexibility index (Phi) is 5.04. The smallest absolute Gasteiger partial charge is 0.219 e. The SMILES string of the molecule is CC.CCc1nn(C2CC(O)C2)c2c1CN(C(C)=O)CC2. The van der Waals surface area contributed by atoms with Crippen molar-refractivity contribution in [2.24, 2.45) is 0 Å². The number of amides is 1. The number of carbonyl (C=O) groups is 1. The maximum atomic E-state index is 11.5. The van der Waals surface area contributed by atoms with Gasteiger partial charge in [0, 0.05) is 37.7 Å². The summed E-state index contributed by atoms with van der Waals surface area (Å²) in [7, 11) is 0. The second-order valence-corrected chi connectivity index (χ2v) is 5.64. The summed E-state index contributed by atoms with van der Waals surface area (Å²) in [6.07, 6.45) is 3.25. The standard InChI is InChI=1S/C14H21N3O2.C2H6/c1-3-13-12-8-16(9(2)18)5-4-14(12)17(15-13)10-6-11(19)7-10;1-2/h10-11,19H,3-8H2,1-2H3;1-2H3. The Bertz CT molecular complexity index is 504. The second kappa shape index (κ2) is 6.60. The van der Waals surface area contributed by atoms with Gasteiger partial charge in [-0.15, -0.1) is 0 Å². The van der Waals surface area contributed by atoms with Crippen molar-refractivity contribution in [2.45, 2.75) is 72.1 Å². The Labute approximate surface area is 126 Å². The van der Waals surface area contributed by atoms with Gasteiger partial charge in [0.05, 0.1) is 17.8 Å². The van der Waals surface area contributed by atoms with E-state index >= 15 is 0 Å². The summed E-state index contributed by atoms with van der Waals surface area (Å²) in [6, 6.07) is 0.355. The molecule has 3 rings (SSSR count). The number of aliphatic hydroxyl groups excluding tert-OH is 1. The molecular weight excluding hydrogens is 266 g/mol. The number of hydrogen-bond acceptors (Lipinski definition) is 3. The highest BCUT2D eigenvalue weighted by Gasteiger charge is 2.34. The number of carbonyl (C=O) groups excluding carboxylic acids is 1. The van der Waals surface area contributed by atoms with Crippen molar-refractivity contribution < 1.29 is 9.90 Å². The first-order valence-electron chi connectivity index (χ1n) is 8.12. The molecule has 118 valence electrons. The van der Waals surface area contributed by atoms with Gasteiger partial charge in [0.15, 0.2) is 0 Å². The van der Waals surface area contributed by atoms with E-state index in [1.54, 1.807) is 6.92 Å². The van der Waals surface area contributed by atoms with Gasteiger partial charge >= 0.3 is 0 Å². The molecule has 5 nitrogen and oxygen atoms in total. The highest BCUT2D eigenvalue weighted by atomic mass is 16.3. The molecule has 2 aliphatic rings. The Morgan fingerprint density at radius 2 is 2.05 bits per heavy atom. The van der Waals surface area contributed by atoms with Crippen molar-refractivity contribution >= 4 is 5.91 Å². The van der Waals surface area contributed by atoms with Gasteiger partial charge in [0.2, 0.25) is 5.91 Å². The lowest BCUT2D eigenvalue weighted by atomic mass is 9.89. The van der Waals surface area contributed by atoms with Gasteiger partial charge in [-0.25, -0.2) is 0 Å². The van der Waals surface area contributed by atoms with E-state index < -0.39 is 0 Å². The number of rotatable bonds is 2. The third-order valence-electron chi connectivity index (χ3n) is 4.38. The first-order chi connectivity index (χ1) is 10.1. The van der Waals surface area contributed by atoms with Crippen LogP contribution in [-0.4, -0.2) is 38.3 Å². The minimum Gasteiger partial charge on any atom is -0.393 e. The van der Waals surface area contributed by atoms with Crippen molar-refractivity contribution in [1.29, 1.82) is 0 Å².